The van der Waals surface area contributed by atoms with Crippen LogP contribution in [0.1, 0.15) is 0 Å². The van der Waals surface area contributed by atoms with Crippen LogP contribution in [0, 0.1) is 5.82 Å². The lowest BCUT2D eigenvalue weighted by atomic mass is 10.2. The summed E-state index contributed by atoms with van der Waals surface area (Å²) in [6.45, 7) is 0. The number of hydrogen-bond donors (Lipinski definition) is 2. The fraction of sp³-hybridized carbons (Fsp3) is 0. The molecular formula is C13H8FNO2S. The SMILES string of the molecule is Oc1ccc(-c2nc3ccc(F)cc3s2)cc1O. The van der Waals surface area contributed by atoms with Gasteiger partial charge < -0.3 is 10.2 Å². The summed E-state index contributed by atoms with van der Waals surface area (Å²) in [6.07, 6.45) is 0. The standard InChI is InChI=1S/C13H8FNO2S/c14-8-2-3-9-12(6-8)18-13(15-9)7-1-4-10(16)11(17)5-7/h1-6,16-17H. The summed E-state index contributed by atoms with van der Waals surface area (Å²) >= 11 is 1.34. The third-order valence-electron chi connectivity index (χ3n) is 2.57. The number of nitrogens with zero attached hydrogens (tertiary/aromatic N) is 1. The zero-order valence-electron chi connectivity index (χ0n) is 9.09. The van der Waals surface area contributed by atoms with Crippen molar-refractivity contribution in [2.24, 2.45) is 0 Å². The molecule has 5 heteroatoms. The van der Waals surface area contributed by atoms with Gasteiger partial charge in [0.15, 0.2) is 11.5 Å². The molecular weight excluding hydrogens is 253 g/mol. The van der Waals surface area contributed by atoms with Crippen LogP contribution >= 0.6 is 11.3 Å². The molecule has 2 N–H and O–H groups in total. The second-order valence-corrected chi connectivity index (χ2v) is 4.87. The molecule has 90 valence electrons. The van der Waals surface area contributed by atoms with Gasteiger partial charge in [-0.05, 0) is 36.4 Å². The number of phenolic OH excluding ortho intramolecular Hbond substituents is 2. The number of benzene rings is 2. The van der Waals surface area contributed by atoms with E-state index >= 15 is 0 Å². The zero-order chi connectivity index (χ0) is 12.7. The molecule has 1 heterocycles. The van der Waals surface area contributed by atoms with Gasteiger partial charge in [0.1, 0.15) is 10.8 Å². The Bertz CT molecular complexity index is 739. The second kappa shape index (κ2) is 3.96. The molecule has 0 radical (unpaired) electrons. The Morgan fingerprint density at radius 1 is 1.00 bits per heavy atom. The first kappa shape index (κ1) is 11.0. The van der Waals surface area contributed by atoms with Gasteiger partial charge in [-0.25, -0.2) is 9.37 Å². The van der Waals surface area contributed by atoms with Gasteiger partial charge in [-0.15, -0.1) is 11.3 Å². The maximum Gasteiger partial charge on any atom is 0.158 e. The summed E-state index contributed by atoms with van der Waals surface area (Å²) in [5, 5.41) is 19.4. The first-order valence-corrected chi connectivity index (χ1v) is 6.03. The third kappa shape index (κ3) is 1.78. The molecule has 0 amide bonds. The summed E-state index contributed by atoms with van der Waals surface area (Å²) in [5.74, 6) is -0.671. The fourth-order valence-corrected chi connectivity index (χ4v) is 2.67. The molecule has 0 atom stereocenters. The second-order valence-electron chi connectivity index (χ2n) is 3.83. The van der Waals surface area contributed by atoms with Gasteiger partial charge in [0.05, 0.1) is 10.2 Å². The minimum atomic E-state index is -0.300. The Morgan fingerprint density at radius 2 is 1.83 bits per heavy atom. The summed E-state index contributed by atoms with van der Waals surface area (Å²) in [6, 6.07) is 8.89. The van der Waals surface area contributed by atoms with Crippen LogP contribution in [-0.2, 0) is 0 Å². The summed E-state index contributed by atoms with van der Waals surface area (Å²) in [7, 11) is 0. The number of fused-ring (bicyclic) bond motifs is 1. The van der Waals surface area contributed by atoms with Crippen LogP contribution in [0.25, 0.3) is 20.8 Å². The summed E-state index contributed by atoms with van der Waals surface area (Å²) in [5.41, 5.74) is 1.40. The van der Waals surface area contributed by atoms with Gasteiger partial charge in [0, 0.05) is 5.56 Å². The number of aromatic hydroxyl groups is 2. The maximum atomic E-state index is 13.1. The van der Waals surface area contributed by atoms with Gasteiger partial charge in [-0.2, -0.15) is 0 Å². The largest absolute Gasteiger partial charge is 0.504 e. The Hall–Kier alpha value is -2.14. The first-order valence-electron chi connectivity index (χ1n) is 5.22. The van der Waals surface area contributed by atoms with E-state index in [0.29, 0.717) is 16.1 Å². The Labute approximate surface area is 106 Å². The lowest BCUT2D eigenvalue weighted by Crippen LogP contribution is -1.76. The van der Waals surface area contributed by atoms with Crippen LogP contribution in [0.5, 0.6) is 11.5 Å². The molecule has 0 aliphatic carbocycles. The average Bonchev–Trinajstić information content (AvgIpc) is 2.75. The van der Waals surface area contributed by atoms with E-state index in [0.717, 1.165) is 4.70 Å². The smallest absolute Gasteiger partial charge is 0.158 e. The Balaban J connectivity index is 2.16. The van der Waals surface area contributed by atoms with Gasteiger partial charge in [-0.1, -0.05) is 0 Å². The predicted molar refractivity (Wildman–Crippen MR) is 68.3 cm³/mol. The minimum absolute atomic E-state index is 0.175. The molecule has 0 unspecified atom stereocenters. The first-order chi connectivity index (χ1) is 8.63. The van der Waals surface area contributed by atoms with E-state index in [1.807, 2.05) is 0 Å². The van der Waals surface area contributed by atoms with Crippen molar-refractivity contribution >= 4 is 21.6 Å². The lowest BCUT2D eigenvalue weighted by molar-refractivity contribution is 0.404. The molecule has 1 aromatic heterocycles. The van der Waals surface area contributed by atoms with Crippen LogP contribution in [0.15, 0.2) is 36.4 Å². The van der Waals surface area contributed by atoms with E-state index in [1.165, 1.54) is 35.6 Å². The molecule has 3 rings (SSSR count). The van der Waals surface area contributed by atoms with Crippen molar-refractivity contribution in [1.29, 1.82) is 0 Å². The highest BCUT2D eigenvalue weighted by Gasteiger charge is 2.09. The van der Waals surface area contributed by atoms with Crippen LogP contribution in [-0.4, -0.2) is 15.2 Å². The Kier molecular flexibility index (Phi) is 2.41. The molecule has 0 bridgehead atoms. The van der Waals surface area contributed by atoms with Crippen LogP contribution in [0.4, 0.5) is 4.39 Å². The normalized spacial score (nSPS) is 10.9. The summed E-state index contributed by atoms with van der Waals surface area (Å²) < 4.78 is 13.8. The molecule has 0 aliphatic rings. The van der Waals surface area contributed by atoms with E-state index in [1.54, 1.807) is 12.1 Å². The monoisotopic (exact) mass is 261 g/mol. The van der Waals surface area contributed by atoms with E-state index < -0.39 is 0 Å². The minimum Gasteiger partial charge on any atom is -0.504 e. The molecule has 0 saturated carbocycles. The molecule has 2 aromatic carbocycles. The lowest BCUT2D eigenvalue weighted by Gasteiger charge is -1.99. The number of phenols is 2. The Morgan fingerprint density at radius 3 is 2.61 bits per heavy atom. The highest BCUT2D eigenvalue weighted by molar-refractivity contribution is 7.21. The molecule has 0 fully saturated rings. The average molecular weight is 261 g/mol. The van der Waals surface area contributed by atoms with Crippen molar-refractivity contribution in [2.75, 3.05) is 0 Å². The van der Waals surface area contributed by atoms with E-state index in [-0.39, 0.29) is 17.3 Å². The third-order valence-corrected chi connectivity index (χ3v) is 3.64. The highest BCUT2D eigenvalue weighted by atomic mass is 32.1. The van der Waals surface area contributed by atoms with Gasteiger partial charge in [-0.3, -0.25) is 0 Å². The molecule has 0 saturated heterocycles. The summed E-state index contributed by atoms with van der Waals surface area (Å²) in [4.78, 5) is 4.35. The van der Waals surface area contributed by atoms with Crippen molar-refractivity contribution in [2.45, 2.75) is 0 Å². The van der Waals surface area contributed by atoms with Crippen LogP contribution < -0.4 is 0 Å². The van der Waals surface area contributed by atoms with Crippen molar-refractivity contribution in [1.82, 2.24) is 4.98 Å². The van der Waals surface area contributed by atoms with Crippen LogP contribution in [0.2, 0.25) is 0 Å². The van der Waals surface area contributed by atoms with E-state index in [9.17, 15) is 14.6 Å². The number of halogens is 1. The predicted octanol–water partition coefficient (Wildman–Crippen LogP) is 3.51. The van der Waals surface area contributed by atoms with E-state index in [2.05, 4.69) is 4.98 Å². The quantitative estimate of drug-likeness (QED) is 0.659. The molecule has 18 heavy (non-hydrogen) atoms. The highest BCUT2D eigenvalue weighted by Crippen LogP contribution is 2.34. The van der Waals surface area contributed by atoms with Crippen molar-refractivity contribution < 1.29 is 14.6 Å². The molecule has 0 spiro atoms. The van der Waals surface area contributed by atoms with E-state index in [4.69, 9.17) is 0 Å². The number of rotatable bonds is 1. The number of thiazole rings is 1. The van der Waals surface area contributed by atoms with Crippen molar-refractivity contribution in [3.8, 4) is 22.1 Å². The fourth-order valence-electron chi connectivity index (χ4n) is 1.68. The van der Waals surface area contributed by atoms with Gasteiger partial charge >= 0.3 is 0 Å². The zero-order valence-corrected chi connectivity index (χ0v) is 9.91. The van der Waals surface area contributed by atoms with Crippen molar-refractivity contribution in [3.63, 3.8) is 0 Å². The maximum absolute atomic E-state index is 13.1. The number of aromatic nitrogens is 1. The molecule has 0 aliphatic heterocycles. The van der Waals surface area contributed by atoms with Crippen molar-refractivity contribution in [3.05, 3.63) is 42.2 Å². The topological polar surface area (TPSA) is 53.4 Å². The molecule has 3 aromatic rings. The van der Waals surface area contributed by atoms with Gasteiger partial charge in [0.25, 0.3) is 0 Å². The number of hydrogen-bond acceptors (Lipinski definition) is 4. The van der Waals surface area contributed by atoms with Crippen LogP contribution in [0.3, 0.4) is 0 Å². The molecule has 3 nitrogen and oxygen atoms in total. The van der Waals surface area contributed by atoms with Gasteiger partial charge in [0.2, 0.25) is 0 Å².